The predicted octanol–water partition coefficient (Wildman–Crippen LogP) is 4.28. The number of allylic oxidation sites excluding steroid dienone is 1. The monoisotopic (exact) mass is 350 g/mol. The summed E-state index contributed by atoms with van der Waals surface area (Å²) in [4.78, 5) is 0. The highest BCUT2D eigenvalue weighted by Gasteiger charge is 2.14. The molecule has 0 bridgehead atoms. The molecule has 4 aromatic rings. The Morgan fingerprint density at radius 3 is 2.26 bits per heavy atom. The highest BCUT2D eigenvalue weighted by molar-refractivity contribution is 5.76. The van der Waals surface area contributed by atoms with E-state index in [2.05, 4.69) is 90.4 Å². The molecular weight excluding hydrogens is 328 g/mol. The van der Waals surface area contributed by atoms with E-state index in [1.54, 1.807) is 0 Å². The van der Waals surface area contributed by atoms with Crippen LogP contribution in [0.3, 0.4) is 0 Å². The molecule has 0 N–H and O–H groups in total. The zero-order valence-corrected chi connectivity index (χ0v) is 15.5. The number of nitrogens with zero attached hydrogens (tertiary/aromatic N) is 2. The third-order valence-corrected chi connectivity index (χ3v) is 4.96. The van der Waals surface area contributed by atoms with E-state index in [1.807, 2.05) is 16.7 Å². The van der Waals surface area contributed by atoms with Gasteiger partial charge in [-0.05, 0) is 37.6 Å². The van der Waals surface area contributed by atoms with Crippen molar-refractivity contribution >= 4 is 27.9 Å². The van der Waals surface area contributed by atoms with Gasteiger partial charge in [0.15, 0.2) is 5.69 Å². The van der Waals surface area contributed by atoms with Gasteiger partial charge in [0.05, 0.1) is 6.42 Å². The SMILES string of the molecule is C#C[n+]1c(C=CCc2ccc3ccccc3[n+]2CC)ccc2ccccc21. The summed E-state index contributed by atoms with van der Waals surface area (Å²) in [6.07, 6.45) is 10.9. The highest BCUT2D eigenvalue weighted by atomic mass is 15.0. The quantitative estimate of drug-likeness (QED) is 0.383. The number of hydrogen-bond donors (Lipinski definition) is 0. The molecule has 0 saturated heterocycles. The largest absolute Gasteiger partial charge is 0.228 e. The molecule has 0 amide bonds. The standard InChI is InChI=1S/C25H22N2/c1-3-26-22(18-16-20-10-5-7-14-24(20)26)12-9-13-23-19-17-21-11-6-8-15-25(21)27(23)4-2/h1,5-12,14-19H,4,13H2,2H3/q+2. The first-order valence-electron chi connectivity index (χ1n) is 9.29. The summed E-state index contributed by atoms with van der Waals surface area (Å²) in [7, 11) is 0. The fraction of sp³-hybridized carbons (Fsp3) is 0.120. The molecule has 130 valence electrons. The van der Waals surface area contributed by atoms with Crippen LogP contribution in [0.15, 0.2) is 78.9 Å². The summed E-state index contributed by atoms with van der Waals surface area (Å²) in [6, 6.07) is 28.1. The minimum absolute atomic E-state index is 0.857. The van der Waals surface area contributed by atoms with Crippen LogP contribution >= 0.6 is 0 Å². The van der Waals surface area contributed by atoms with E-state index in [-0.39, 0.29) is 0 Å². The van der Waals surface area contributed by atoms with Gasteiger partial charge in [-0.1, -0.05) is 30.3 Å². The van der Waals surface area contributed by atoms with Crippen molar-refractivity contribution in [3.8, 4) is 12.5 Å². The van der Waals surface area contributed by atoms with E-state index in [0.29, 0.717) is 0 Å². The maximum Gasteiger partial charge on any atom is 0.228 e. The Balaban J connectivity index is 1.68. The molecule has 0 fully saturated rings. The lowest BCUT2D eigenvalue weighted by Crippen LogP contribution is -2.38. The van der Waals surface area contributed by atoms with Crippen LogP contribution in [0.2, 0.25) is 0 Å². The fourth-order valence-corrected chi connectivity index (χ4v) is 3.65. The van der Waals surface area contributed by atoms with E-state index >= 15 is 0 Å². The van der Waals surface area contributed by atoms with Gasteiger partial charge in [0, 0.05) is 41.1 Å². The predicted molar refractivity (Wildman–Crippen MR) is 111 cm³/mol. The second kappa shape index (κ2) is 7.43. The van der Waals surface area contributed by atoms with E-state index in [9.17, 15) is 0 Å². The lowest BCUT2D eigenvalue weighted by molar-refractivity contribution is -0.674. The minimum Gasteiger partial charge on any atom is -0.196 e. The Kier molecular flexibility index (Phi) is 4.68. The second-order valence-electron chi connectivity index (χ2n) is 6.52. The summed E-state index contributed by atoms with van der Waals surface area (Å²) in [6.45, 7) is 3.14. The van der Waals surface area contributed by atoms with Gasteiger partial charge >= 0.3 is 0 Å². The molecule has 0 aliphatic rings. The van der Waals surface area contributed by atoms with Crippen LogP contribution in [-0.4, -0.2) is 0 Å². The van der Waals surface area contributed by atoms with Gasteiger partial charge in [-0.15, -0.1) is 4.57 Å². The lowest BCUT2D eigenvalue weighted by atomic mass is 10.1. The van der Waals surface area contributed by atoms with E-state index in [1.165, 1.54) is 16.6 Å². The molecule has 0 spiro atoms. The zero-order valence-electron chi connectivity index (χ0n) is 15.5. The van der Waals surface area contributed by atoms with Crippen molar-refractivity contribution in [3.63, 3.8) is 0 Å². The smallest absolute Gasteiger partial charge is 0.196 e. The van der Waals surface area contributed by atoms with Gasteiger partial charge in [-0.25, -0.2) is 0 Å². The number of aryl methyl sites for hydroxylation is 1. The zero-order chi connectivity index (χ0) is 18.6. The minimum atomic E-state index is 0.857. The topological polar surface area (TPSA) is 7.76 Å². The first kappa shape index (κ1) is 17.0. The number of rotatable bonds is 4. The summed E-state index contributed by atoms with van der Waals surface area (Å²) < 4.78 is 4.27. The Labute approximate surface area is 160 Å². The average Bonchev–Trinajstić information content (AvgIpc) is 2.73. The lowest BCUT2D eigenvalue weighted by Gasteiger charge is -2.04. The average molecular weight is 350 g/mol. The molecule has 2 heteroatoms. The molecule has 2 aromatic carbocycles. The van der Waals surface area contributed by atoms with Gasteiger partial charge in [0.25, 0.3) is 0 Å². The van der Waals surface area contributed by atoms with Crippen LogP contribution in [0.25, 0.3) is 27.9 Å². The maximum atomic E-state index is 5.78. The molecule has 4 rings (SSSR count). The molecule has 0 aliphatic heterocycles. The summed E-state index contributed by atoms with van der Waals surface area (Å²) in [5.74, 6) is 0. The maximum absolute atomic E-state index is 5.78. The van der Waals surface area contributed by atoms with Crippen molar-refractivity contribution in [3.05, 3.63) is 90.3 Å². The van der Waals surface area contributed by atoms with Crippen LogP contribution in [0.5, 0.6) is 0 Å². The Morgan fingerprint density at radius 1 is 0.852 bits per heavy atom. The van der Waals surface area contributed by atoms with Crippen molar-refractivity contribution in [2.75, 3.05) is 0 Å². The molecule has 2 heterocycles. The van der Waals surface area contributed by atoms with Crippen LogP contribution in [0, 0.1) is 12.5 Å². The van der Waals surface area contributed by atoms with Crippen molar-refractivity contribution in [2.24, 2.45) is 0 Å². The van der Waals surface area contributed by atoms with Gasteiger partial charge in [-0.3, -0.25) is 0 Å². The number of benzene rings is 2. The first-order valence-corrected chi connectivity index (χ1v) is 9.29. The number of terminal acetylenes is 1. The van der Waals surface area contributed by atoms with Crippen LogP contribution in [0.1, 0.15) is 18.3 Å². The van der Waals surface area contributed by atoms with Gasteiger partial charge < -0.3 is 0 Å². The van der Waals surface area contributed by atoms with Crippen molar-refractivity contribution < 1.29 is 9.13 Å². The van der Waals surface area contributed by atoms with Gasteiger partial charge in [-0.2, -0.15) is 4.57 Å². The molecule has 0 radical (unpaired) electrons. The highest BCUT2D eigenvalue weighted by Crippen LogP contribution is 2.13. The van der Waals surface area contributed by atoms with Gasteiger partial charge in [0.2, 0.25) is 22.8 Å². The Morgan fingerprint density at radius 2 is 1.52 bits per heavy atom. The fourth-order valence-electron chi connectivity index (χ4n) is 3.65. The van der Waals surface area contributed by atoms with E-state index < -0.39 is 0 Å². The number of hydrogen-bond acceptors (Lipinski definition) is 0. The number of para-hydroxylation sites is 2. The number of fused-ring (bicyclic) bond motifs is 2. The van der Waals surface area contributed by atoms with E-state index in [4.69, 9.17) is 6.42 Å². The van der Waals surface area contributed by atoms with Crippen LogP contribution < -0.4 is 9.13 Å². The normalized spacial score (nSPS) is 11.3. The molecule has 2 aromatic heterocycles. The Hall–Kier alpha value is -3.44. The number of pyridine rings is 2. The van der Waals surface area contributed by atoms with Crippen molar-refractivity contribution in [1.82, 2.24) is 0 Å². The molecule has 2 nitrogen and oxygen atoms in total. The molecule has 0 saturated carbocycles. The molecule has 0 unspecified atom stereocenters. The Bertz CT molecular complexity index is 1200. The van der Waals surface area contributed by atoms with Crippen LogP contribution in [0.4, 0.5) is 0 Å². The molecular formula is C25H22N2+2. The van der Waals surface area contributed by atoms with Gasteiger partial charge in [0.1, 0.15) is 6.54 Å². The van der Waals surface area contributed by atoms with E-state index in [0.717, 1.165) is 29.6 Å². The van der Waals surface area contributed by atoms with Crippen molar-refractivity contribution in [2.45, 2.75) is 19.9 Å². The molecule has 27 heavy (non-hydrogen) atoms. The first-order chi connectivity index (χ1) is 13.3. The van der Waals surface area contributed by atoms with Crippen molar-refractivity contribution in [1.29, 1.82) is 0 Å². The second-order valence-corrected chi connectivity index (χ2v) is 6.52. The van der Waals surface area contributed by atoms with Crippen LogP contribution in [-0.2, 0) is 13.0 Å². The third kappa shape index (κ3) is 3.20. The molecule has 0 aliphatic carbocycles. The molecule has 0 atom stereocenters. The summed E-state index contributed by atoms with van der Waals surface area (Å²) >= 11 is 0. The summed E-state index contributed by atoms with van der Waals surface area (Å²) in [5.41, 5.74) is 4.63. The third-order valence-electron chi connectivity index (χ3n) is 4.96. The number of aromatic nitrogens is 2. The summed E-state index contributed by atoms with van der Waals surface area (Å²) in [5, 5.41) is 2.41.